The van der Waals surface area contributed by atoms with Crippen molar-refractivity contribution < 1.29 is 23.9 Å². The minimum absolute atomic E-state index is 0.388. The summed E-state index contributed by atoms with van der Waals surface area (Å²) >= 11 is 6.16. The number of benzene rings is 1. The number of anilines is 1. The zero-order valence-electron chi connectivity index (χ0n) is 17.3. The van der Waals surface area contributed by atoms with Crippen molar-refractivity contribution in [3.63, 3.8) is 0 Å². The molecule has 4 amide bonds. The number of nitrogens with one attached hydrogen (secondary N) is 2. The molecule has 1 aliphatic carbocycles. The van der Waals surface area contributed by atoms with E-state index in [0.29, 0.717) is 29.5 Å². The fourth-order valence-corrected chi connectivity index (χ4v) is 4.35. The highest BCUT2D eigenvalue weighted by atomic mass is 35.5. The van der Waals surface area contributed by atoms with Gasteiger partial charge in [0.25, 0.3) is 11.8 Å². The highest BCUT2D eigenvalue weighted by Gasteiger charge is 2.52. The van der Waals surface area contributed by atoms with Crippen LogP contribution in [0, 0.1) is 19.8 Å². The van der Waals surface area contributed by atoms with E-state index >= 15 is 0 Å². The Kier molecular flexibility index (Phi) is 6.36. The lowest BCUT2D eigenvalue weighted by Gasteiger charge is -2.33. The predicted molar refractivity (Wildman–Crippen MR) is 111 cm³/mol. The standard InChI is InChI=1S/C21H26ClN3O5/c1-12-4-6-21(7-5-12)19(28)25(20(29)24-21)10-17(27)30-11-16(26)23-18-14(3)8-13(2)9-15(18)22/h8-9,12H,4-7,10-11H2,1-3H3,(H,23,26)(H,24,29). The van der Waals surface area contributed by atoms with Gasteiger partial charge in [-0.1, -0.05) is 24.6 Å². The third kappa shape index (κ3) is 4.59. The van der Waals surface area contributed by atoms with Crippen molar-refractivity contribution in [3.8, 4) is 0 Å². The highest BCUT2D eigenvalue weighted by Crippen LogP contribution is 2.36. The average molecular weight is 436 g/mol. The number of hydrogen-bond donors (Lipinski definition) is 2. The number of carbonyl (C=O) groups excluding carboxylic acids is 4. The molecule has 1 saturated heterocycles. The van der Waals surface area contributed by atoms with Crippen molar-refractivity contribution in [2.45, 2.75) is 52.0 Å². The van der Waals surface area contributed by atoms with E-state index in [1.165, 1.54) is 0 Å². The zero-order valence-corrected chi connectivity index (χ0v) is 18.1. The van der Waals surface area contributed by atoms with Crippen LogP contribution in [0.4, 0.5) is 10.5 Å². The molecule has 30 heavy (non-hydrogen) atoms. The minimum atomic E-state index is -0.916. The van der Waals surface area contributed by atoms with Crippen LogP contribution in [0.2, 0.25) is 5.02 Å². The number of nitrogens with zero attached hydrogens (tertiary/aromatic N) is 1. The van der Waals surface area contributed by atoms with Crippen molar-refractivity contribution in [1.29, 1.82) is 0 Å². The molecule has 2 fully saturated rings. The third-order valence-corrected chi connectivity index (χ3v) is 6.02. The quantitative estimate of drug-likeness (QED) is 0.546. The summed E-state index contributed by atoms with van der Waals surface area (Å²) < 4.78 is 4.96. The summed E-state index contributed by atoms with van der Waals surface area (Å²) in [5, 5.41) is 5.75. The van der Waals surface area contributed by atoms with Crippen LogP contribution in [0.25, 0.3) is 0 Å². The average Bonchev–Trinajstić information content (AvgIpc) is 2.90. The maximum absolute atomic E-state index is 12.8. The van der Waals surface area contributed by atoms with Gasteiger partial charge in [-0.2, -0.15) is 0 Å². The van der Waals surface area contributed by atoms with Crippen LogP contribution < -0.4 is 10.6 Å². The second-order valence-electron chi connectivity index (χ2n) is 8.23. The van der Waals surface area contributed by atoms with Crippen LogP contribution in [-0.4, -0.2) is 47.4 Å². The summed E-state index contributed by atoms with van der Waals surface area (Å²) in [5.41, 5.74) is 1.28. The van der Waals surface area contributed by atoms with E-state index in [1.54, 1.807) is 13.0 Å². The molecule has 1 spiro atoms. The van der Waals surface area contributed by atoms with Crippen LogP contribution in [0.15, 0.2) is 12.1 Å². The van der Waals surface area contributed by atoms with E-state index in [1.807, 2.05) is 13.0 Å². The van der Waals surface area contributed by atoms with Gasteiger partial charge >= 0.3 is 12.0 Å². The molecule has 8 nitrogen and oxygen atoms in total. The Hall–Kier alpha value is -2.61. The van der Waals surface area contributed by atoms with E-state index < -0.39 is 42.5 Å². The number of ether oxygens (including phenoxy) is 1. The van der Waals surface area contributed by atoms with Crippen molar-refractivity contribution in [1.82, 2.24) is 10.2 Å². The molecule has 1 heterocycles. The minimum Gasteiger partial charge on any atom is -0.454 e. The van der Waals surface area contributed by atoms with Gasteiger partial charge in [0.15, 0.2) is 6.61 Å². The van der Waals surface area contributed by atoms with Gasteiger partial charge in [0.2, 0.25) is 0 Å². The molecule has 9 heteroatoms. The molecule has 2 N–H and O–H groups in total. The van der Waals surface area contributed by atoms with Gasteiger partial charge in [0, 0.05) is 0 Å². The molecular weight excluding hydrogens is 410 g/mol. The van der Waals surface area contributed by atoms with E-state index in [-0.39, 0.29) is 0 Å². The first-order valence-corrected chi connectivity index (χ1v) is 10.4. The van der Waals surface area contributed by atoms with Crippen LogP contribution in [0.5, 0.6) is 0 Å². The summed E-state index contributed by atoms with van der Waals surface area (Å²) in [4.78, 5) is 50.2. The van der Waals surface area contributed by atoms with Crippen molar-refractivity contribution in [3.05, 3.63) is 28.3 Å². The van der Waals surface area contributed by atoms with E-state index in [9.17, 15) is 19.2 Å². The molecule has 0 aromatic heterocycles. The molecule has 1 aromatic carbocycles. The number of rotatable bonds is 5. The summed E-state index contributed by atoms with van der Waals surface area (Å²) in [6.45, 7) is 4.73. The van der Waals surface area contributed by atoms with E-state index in [2.05, 4.69) is 17.6 Å². The first kappa shape index (κ1) is 22.1. The lowest BCUT2D eigenvalue weighted by Crippen LogP contribution is -2.49. The summed E-state index contributed by atoms with van der Waals surface area (Å²) in [6, 6.07) is 2.99. The molecule has 0 radical (unpaired) electrons. The molecule has 3 rings (SSSR count). The maximum Gasteiger partial charge on any atom is 0.326 e. The van der Waals surface area contributed by atoms with Crippen LogP contribution >= 0.6 is 11.6 Å². The molecule has 1 aliphatic heterocycles. The number of halogens is 1. The van der Waals surface area contributed by atoms with Gasteiger partial charge in [-0.05, 0) is 62.6 Å². The topological polar surface area (TPSA) is 105 Å². The van der Waals surface area contributed by atoms with Gasteiger partial charge in [0.1, 0.15) is 12.1 Å². The second-order valence-corrected chi connectivity index (χ2v) is 8.64. The van der Waals surface area contributed by atoms with Crippen LogP contribution in [-0.2, 0) is 19.1 Å². The summed E-state index contributed by atoms with van der Waals surface area (Å²) in [7, 11) is 0. The van der Waals surface area contributed by atoms with E-state index in [0.717, 1.165) is 28.9 Å². The number of urea groups is 1. The van der Waals surface area contributed by atoms with E-state index in [4.69, 9.17) is 16.3 Å². The van der Waals surface area contributed by atoms with Crippen LogP contribution in [0.3, 0.4) is 0 Å². The maximum atomic E-state index is 12.8. The van der Waals surface area contributed by atoms with Crippen LogP contribution in [0.1, 0.15) is 43.7 Å². The normalized spacial score (nSPS) is 23.5. The Morgan fingerprint density at radius 3 is 2.57 bits per heavy atom. The van der Waals surface area contributed by atoms with Gasteiger partial charge in [-0.3, -0.25) is 19.3 Å². The number of hydrogen-bond acceptors (Lipinski definition) is 5. The SMILES string of the molecule is Cc1cc(C)c(NC(=O)COC(=O)CN2C(=O)NC3(CCC(C)CC3)C2=O)c(Cl)c1. The smallest absolute Gasteiger partial charge is 0.326 e. The summed E-state index contributed by atoms with van der Waals surface area (Å²) in [5.74, 6) is -1.29. The Labute approximate surface area is 180 Å². The lowest BCUT2D eigenvalue weighted by atomic mass is 9.77. The molecule has 162 valence electrons. The van der Waals surface area contributed by atoms with Gasteiger partial charge in [-0.15, -0.1) is 0 Å². The number of aryl methyl sites for hydroxylation is 2. The van der Waals surface area contributed by atoms with Gasteiger partial charge < -0.3 is 15.4 Å². The zero-order chi connectivity index (χ0) is 22.1. The van der Waals surface area contributed by atoms with Crippen molar-refractivity contribution in [2.24, 2.45) is 5.92 Å². The number of imide groups is 1. The fraction of sp³-hybridized carbons (Fsp3) is 0.524. The lowest BCUT2D eigenvalue weighted by molar-refractivity contribution is -0.150. The highest BCUT2D eigenvalue weighted by molar-refractivity contribution is 6.34. The molecule has 0 unspecified atom stereocenters. The molecule has 2 aliphatic rings. The number of esters is 1. The first-order chi connectivity index (χ1) is 14.1. The van der Waals surface area contributed by atoms with Crippen molar-refractivity contribution >= 4 is 41.1 Å². The Balaban J connectivity index is 1.53. The Morgan fingerprint density at radius 2 is 1.93 bits per heavy atom. The molecular formula is C21H26ClN3O5. The predicted octanol–water partition coefficient (Wildman–Crippen LogP) is 2.94. The number of amides is 4. The monoisotopic (exact) mass is 435 g/mol. The third-order valence-electron chi connectivity index (χ3n) is 5.72. The first-order valence-electron chi connectivity index (χ1n) is 9.97. The number of carbonyl (C=O) groups is 4. The molecule has 1 aromatic rings. The Bertz CT molecular complexity index is 870. The van der Waals surface area contributed by atoms with Crippen molar-refractivity contribution in [2.75, 3.05) is 18.5 Å². The fourth-order valence-electron chi connectivity index (χ4n) is 3.98. The van der Waals surface area contributed by atoms with Gasteiger partial charge in [0.05, 0.1) is 10.7 Å². The molecule has 0 atom stereocenters. The summed E-state index contributed by atoms with van der Waals surface area (Å²) in [6.07, 6.45) is 2.80. The second kappa shape index (κ2) is 8.63. The largest absolute Gasteiger partial charge is 0.454 e. The van der Waals surface area contributed by atoms with Gasteiger partial charge in [-0.25, -0.2) is 4.79 Å². The Morgan fingerprint density at radius 1 is 1.27 bits per heavy atom. The molecule has 1 saturated carbocycles. The molecule has 0 bridgehead atoms.